The quantitative estimate of drug-likeness (QED) is 0.478. The van der Waals surface area contributed by atoms with Gasteiger partial charge in [-0.2, -0.15) is 9.78 Å². The zero-order valence-electron chi connectivity index (χ0n) is 17.2. The maximum atomic E-state index is 12.2. The molecule has 0 spiro atoms. The molecule has 3 aromatic rings. The third kappa shape index (κ3) is 4.34. The number of carboxylic acids is 1. The highest BCUT2D eigenvalue weighted by atomic mass is 35.5. The maximum absolute atomic E-state index is 12.2. The first kappa shape index (κ1) is 22.6. The molecule has 1 fully saturated rings. The Bertz CT molecular complexity index is 1430. The molecule has 0 saturated carbocycles. The van der Waals surface area contributed by atoms with Gasteiger partial charge in [0.25, 0.3) is 11.1 Å². The number of halogens is 2. The Morgan fingerprint density at radius 1 is 1.12 bits per heavy atom. The Balaban J connectivity index is 1.68. The number of hydrogen-bond acceptors (Lipinski definition) is 8. The molecule has 1 aromatic carbocycles. The summed E-state index contributed by atoms with van der Waals surface area (Å²) in [7, 11) is 0. The van der Waals surface area contributed by atoms with Crippen LogP contribution in [0.5, 0.6) is 11.6 Å². The number of anilines is 1. The van der Waals surface area contributed by atoms with Gasteiger partial charge < -0.3 is 14.7 Å². The lowest BCUT2D eigenvalue weighted by Crippen LogP contribution is -2.54. The van der Waals surface area contributed by atoms with Crippen LogP contribution in [0.3, 0.4) is 0 Å². The van der Waals surface area contributed by atoms with Crippen LogP contribution >= 0.6 is 23.2 Å². The maximum Gasteiger partial charge on any atom is 0.362 e. The summed E-state index contributed by atoms with van der Waals surface area (Å²) in [5.74, 6) is -1.61. The second kappa shape index (κ2) is 8.05. The SMILES string of the molecule is CC1(C)CN(c2cc(Oc3c(Cl)cc(-n4nc(C(=O)O)c(=O)[nH]c4=O)cc3Cl)n[nH]c2=O)C1. The second-order valence-electron chi connectivity index (χ2n) is 8.11. The number of hydrogen-bond donors (Lipinski definition) is 3. The number of nitrogens with zero attached hydrogens (tertiary/aromatic N) is 4. The van der Waals surface area contributed by atoms with E-state index in [1.807, 2.05) is 9.88 Å². The lowest BCUT2D eigenvalue weighted by molar-refractivity contribution is 0.0685. The molecule has 12 nitrogen and oxygen atoms in total. The second-order valence-corrected chi connectivity index (χ2v) is 8.92. The van der Waals surface area contributed by atoms with Crippen LogP contribution in [-0.2, 0) is 0 Å². The molecule has 0 bridgehead atoms. The predicted molar refractivity (Wildman–Crippen MR) is 118 cm³/mol. The minimum Gasteiger partial charge on any atom is -0.476 e. The van der Waals surface area contributed by atoms with Crippen molar-refractivity contribution in [3.05, 3.63) is 65.1 Å². The van der Waals surface area contributed by atoms with E-state index in [-0.39, 0.29) is 38.3 Å². The van der Waals surface area contributed by atoms with Crippen LogP contribution in [0, 0.1) is 5.41 Å². The molecule has 2 aromatic heterocycles. The van der Waals surface area contributed by atoms with E-state index >= 15 is 0 Å². The molecule has 33 heavy (non-hydrogen) atoms. The zero-order chi connectivity index (χ0) is 24.1. The number of nitrogens with one attached hydrogen (secondary N) is 2. The van der Waals surface area contributed by atoms with Gasteiger partial charge in [0.2, 0.25) is 11.6 Å². The normalized spacial score (nSPS) is 14.6. The third-order valence-corrected chi connectivity index (χ3v) is 5.37. The summed E-state index contributed by atoms with van der Waals surface area (Å²) in [4.78, 5) is 50.8. The molecule has 3 N–H and O–H groups in total. The lowest BCUT2D eigenvalue weighted by atomic mass is 9.84. The van der Waals surface area contributed by atoms with E-state index in [2.05, 4.69) is 29.1 Å². The van der Waals surface area contributed by atoms with Gasteiger partial charge in [-0.15, -0.1) is 5.10 Å². The summed E-state index contributed by atoms with van der Waals surface area (Å²) >= 11 is 12.6. The highest BCUT2D eigenvalue weighted by molar-refractivity contribution is 6.37. The van der Waals surface area contributed by atoms with Gasteiger partial charge in [-0.1, -0.05) is 37.0 Å². The molecule has 3 heterocycles. The van der Waals surface area contributed by atoms with Crippen LogP contribution in [0.1, 0.15) is 24.3 Å². The Morgan fingerprint density at radius 3 is 2.33 bits per heavy atom. The van der Waals surface area contributed by atoms with Gasteiger partial charge in [-0.3, -0.25) is 14.6 Å². The monoisotopic (exact) mass is 494 g/mol. The molecule has 0 atom stereocenters. The number of ether oxygens (including phenoxy) is 1. The number of carboxylic acid groups (broad SMARTS) is 1. The summed E-state index contributed by atoms with van der Waals surface area (Å²) in [5.41, 5.74) is -2.94. The molecule has 14 heteroatoms. The van der Waals surface area contributed by atoms with Crippen molar-refractivity contribution < 1.29 is 14.6 Å². The van der Waals surface area contributed by atoms with Crippen molar-refractivity contribution in [3.8, 4) is 17.3 Å². The van der Waals surface area contributed by atoms with Crippen molar-refractivity contribution in [2.45, 2.75) is 13.8 Å². The number of rotatable bonds is 5. The Morgan fingerprint density at radius 2 is 1.76 bits per heavy atom. The summed E-state index contributed by atoms with van der Waals surface area (Å²) in [6.45, 7) is 5.54. The Labute approximate surface area is 194 Å². The van der Waals surface area contributed by atoms with E-state index in [1.165, 1.54) is 18.2 Å². The highest BCUT2D eigenvalue weighted by Gasteiger charge is 2.35. The van der Waals surface area contributed by atoms with E-state index in [0.717, 1.165) is 0 Å². The van der Waals surface area contributed by atoms with Crippen LogP contribution in [0.25, 0.3) is 5.69 Å². The fraction of sp³-hybridized carbons (Fsp3) is 0.263. The van der Waals surface area contributed by atoms with Crippen molar-refractivity contribution in [2.75, 3.05) is 18.0 Å². The van der Waals surface area contributed by atoms with E-state index in [9.17, 15) is 19.2 Å². The molecule has 4 rings (SSSR count). The van der Waals surface area contributed by atoms with Crippen molar-refractivity contribution in [2.24, 2.45) is 5.41 Å². The molecular weight excluding hydrogens is 479 g/mol. The summed E-state index contributed by atoms with van der Waals surface area (Å²) in [6, 6.07) is 3.94. The third-order valence-electron chi connectivity index (χ3n) is 4.80. The van der Waals surface area contributed by atoms with Crippen LogP contribution in [0.2, 0.25) is 10.0 Å². The highest BCUT2D eigenvalue weighted by Crippen LogP contribution is 2.38. The molecule has 1 aliphatic heterocycles. The smallest absolute Gasteiger partial charge is 0.362 e. The topological polar surface area (TPSA) is 163 Å². The van der Waals surface area contributed by atoms with Gasteiger partial charge in [0, 0.05) is 19.2 Å². The van der Waals surface area contributed by atoms with E-state index in [0.29, 0.717) is 23.5 Å². The van der Waals surface area contributed by atoms with Crippen LogP contribution in [0.15, 0.2) is 32.6 Å². The summed E-state index contributed by atoms with van der Waals surface area (Å²) in [6.07, 6.45) is 0. The fourth-order valence-corrected chi connectivity index (χ4v) is 3.96. The molecule has 1 saturated heterocycles. The largest absolute Gasteiger partial charge is 0.476 e. The number of aromatic carboxylic acids is 1. The standard InChI is InChI=1S/C19H16Cl2N6O6/c1-19(2)6-26(7-19)11-5-12(23-24-15(11)28)33-14-9(20)3-8(4-10(14)21)27-18(32)22-16(29)13(25-27)17(30)31/h3-5H,6-7H2,1-2H3,(H,24,28)(H,30,31)(H,22,29,32). The molecule has 0 radical (unpaired) electrons. The van der Waals surface area contributed by atoms with Gasteiger partial charge in [0.1, 0.15) is 5.69 Å². The Hall–Kier alpha value is -3.64. The average Bonchev–Trinajstić information content (AvgIpc) is 2.69. The van der Waals surface area contributed by atoms with E-state index in [4.69, 9.17) is 33.0 Å². The fourth-order valence-electron chi connectivity index (χ4n) is 3.41. The van der Waals surface area contributed by atoms with Gasteiger partial charge in [0.05, 0.1) is 15.7 Å². The first-order chi connectivity index (χ1) is 15.4. The minimum atomic E-state index is -1.62. The van der Waals surface area contributed by atoms with Crippen LogP contribution in [0.4, 0.5) is 5.69 Å². The number of carbonyl (C=O) groups is 1. The first-order valence-electron chi connectivity index (χ1n) is 9.44. The van der Waals surface area contributed by atoms with Gasteiger partial charge >= 0.3 is 11.7 Å². The Kier molecular flexibility index (Phi) is 5.50. The molecule has 0 aliphatic carbocycles. The zero-order valence-corrected chi connectivity index (χ0v) is 18.7. The summed E-state index contributed by atoms with van der Waals surface area (Å²) < 4.78 is 6.31. The summed E-state index contributed by atoms with van der Waals surface area (Å²) in [5, 5.41) is 18.7. The number of aromatic nitrogens is 5. The lowest BCUT2D eigenvalue weighted by Gasteiger charge is -2.46. The van der Waals surface area contributed by atoms with Crippen LogP contribution < -0.4 is 26.4 Å². The van der Waals surface area contributed by atoms with Crippen LogP contribution in [-0.4, -0.2) is 49.1 Å². The molecule has 0 unspecified atom stereocenters. The van der Waals surface area contributed by atoms with Gasteiger partial charge in [-0.25, -0.2) is 14.7 Å². The molecule has 1 aliphatic rings. The van der Waals surface area contributed by atoms with Crippen molar-refractivity contribution >= 4 is 34.9 Å². The van der Waals surface area contributed by atoms with Crippen molar-refractivity contribution in [1.29, 1.82) is 0 Å². The number of aromatic amines is 2. The number of H-pyrrole nitrogens is 2. The van der Waals surface area contributed by atoms with Gasteiger partial charge in [0.15, 0.2) is 5.75 Å². The van der Waals surface area contributed by atoms with E-state index < -0.39 is 22.9 Å². The molecule has 172 valence electrons. The first-order valence-corrected chi connectivity index (χ1v) is 10.2. The van der Waals surface area contributed by atoms with Gasteiger partial charge in [-0.05, 0) is 17.5 Å². The minimum absolute atomic E-state index is 0.0148. The predicted octanol–water partition coefficient (Wildman–Crippen LogP) is 1.65. The van der Waals surface area contributed by atoms with Crippen molar-refractivity contribution in [1.82, 2.24) is 25.0 Å². The average molecular weight is 495 g/mol. The van der Waals surface area contributed by atoms with E-state index in [1.54, 1.807) is 0 Å². The molecular formula is C19H16Cl2N6O6. The number of benzene rings is 1. The van der Waals surface area contributed by atoms with Crippen molar-refractivity contribution in [3.63, 3.8) is 0 Å². The molecule has 0 amide bonds.